The number of Topliss-reactive ketones (excluding diaryl/α,β-unsaturated/α-hetero) is 1. The Hall–Kier alpha value is -1.59. The van der Waals surface area contributed by atoms with E-state index >= 15 is 0 Å². The minimum Gasteiger partial charge on any atom is -0.465 e. The smallest absolute Gasteiger partial charge is 0.321 e. The number of carbonyl (C=O) groups is 3. The third-order valence-electron chi connectivity index (χ3n) is 4.38. The summed E-state index contributed by atoms with van der Waals surface area (Å²) in [6.45, 7) is 6.72. The third kappa shape index (κ3) is 3.03. The molecule has 0 aromatic heterocycles. The van der Waals surface area contributed by atoms with Gasteiger partial charge < -0.3 is 9.64 Å². The zero-order valence-electron chi connectivity index (χ0n) is 14.0. The quantitative estimate of drug-likeness (QED) is 0.463. The molecule has 5 nitrogen and oxygen atoms in total. The van der Waals surface area contributed by atoms with Crippen molar-refractivity contribution < 1.29 is 19.1 Å². The Morgan fingerprint density at radius 2 is 1.79 bits per heavy atom. The number of hydrogen-bond acceptors (Lipinski definition) is 4. The number of rotatable bonds is 4. The molecular weight excluding hydrogens is 353 g/mol. The van der Waals surface area contributed by atoms with Crippen molar-refractivity contribution in [2.45, 2.75) is 33.2 Å². The van der Waals surface area contributed by atoms with Crippen molar-refractivity contribution in [3.05, 3.63) is 33.8 Å². The van der Waals surface area contributed by atoms with Crippen LogP contribution in [-0.2, 0) is 24.7 Å². The molecule has 7 heteroatoms. The normalized spacial score (nSPS) is 21.3. The first-order valence-electron chi connectivity index (χ1n) is 7.54. The first-order chi connectivity index (χ1) is 11.0. The summed E-state index contributed by atoms with van der Waals surface area (Å²) in [5.74, 6) is -2.17. The fourth-order valence-corrected chi connectivity index (χ4v) is 3.31. The van der Waals surface area contributed by atoms with Crippen molar-refractivity contribution >= 4 is 40.9 Å². The van der Waals surface area contributed by atoms with Crippen LogP contribution in [0.4, 0.5) is 0 Å². The van der Waals surface area contributed by atoms with Gasteiger partial charge in [-0.2, -0.15) is 0 Å². The molecule has 0 spiro atoms. The number of ketones is 1. The van der Waals surface area contributed by atoms with Gasteiger partial charge in [0.2, 0.25) is 5.78 Å². The second-order valence-electron chi connectivity index (χ2n) is 6.49. The van der Waals surface area contributed by atoms with Crippen LogP contribution in [0.3, 0.4) is 0 Å². The highest BCUT2D eigenvalue weighted by Gasteiger charge is 2.57. The first kappa shape index (κ1) is 18.7. The number of amides is 1. The lowest BCUT2D eigenvalue weighted by Gasteiger charge is -2.36. The van der Waals surface area contributed by atoms with Gasteiger partial charge in [-0.15, -0.1) is 0 Å². The molecule has 24 heavy (non-hydrogen) atoms. The van der Waals surface area contributed by atoms with Crippen molar-refractivity contribution in [3.63, 3.8) is 0 Å². The van der Waals surface area contributed by atoms with Gasteiger partial charge in [0.05, 0.1) is 12.1 Å². The van der Waals surface area contributed by atoms with Gasteiger partial charge in [-0.25, -0.2) is 0 Å². The Bertz CT molecular complexity index is 696. The van der Waals surface area contributed by atoms with E-state index in [2.05, 4.69) is 0 Å². The summed E-state index contributed by atoms with van der Waals surface area (Å²) in [5, 5.41) is 0.855. The van der Waals surface area contributed by atoms with Crippen LogP contribution in [0, 0.1) is 5.41 Å². The van der Waals surface area contributed by atoms with Crippen molar-refractivity contribution in [1.82, 2.24) is 4.90 Å². The summed E-state index contributed by atoms with van der Waals surface area (Å²) in [5.41, 5.74) is -1.70. The molecule has 1 aliphatic heterocycles. The molecule has 1 aromatic carbocycles. The average Bonchev–Trinajstić information content (AvgIpc) is 2.73. The molecule has 0 aliphatic carbocycles. The molecule has 1 heterocycles. The van der Waals surface area contributed by atoms with Crippen LogP contribution in [0.15, 0.2) is 18.2 Å². The van der Waals surface area contributed by atoms with E-state index in [9.17, 15) is 14.4 Å². The van der Waals surface area contributed by atoms with Crippen molar-refractivity contribution in [3.8, 4) is 0 Å². The van der Waals surface area contributed by atoms with Crippen LogP contribution in [0.5, 0.6) is 0 Å². The lowest BCUT2D eigenvalue weighted by Crippen LogP contribution is -2.44. The van der Waals surface area contributed by atoms with Crippen LogP contribution >= 0.6 is 23.2 Å². The van der Waals surface area contributed by atoms with Crippen LogP contribution < -0.4 is 0 Å². The minimum absolute atomic E-state index is 0.0549. The average molecular weight is 372 g/mol. The summed E-state index contributed by atoms with van der Waals surface area (Å²) in [7, 11) is 0. The number of hydrogen-bond donors (Lipinski definition) is 0. The molecule has 0 bridgehead atoms. The van der Waals surface area contributed by atoms with Gasteiger partial charge in [-0.3, -0.25) is 14.4 Å². The number of esters is 1. The van der Waals surface area contributed by atoms with Gasteiger partial charge in [-0.05, 0) is 51.5 Å². The zero-order chi connectivity index (χ0) is 18.3. The van der Waals surface area contributed by atoms with Gasteiger partial charge in [0.1, 0.15) is 0 Å². The van der Waals surface area contributed by atoms with Gasteiger partial charge in [0.25, 0.3) is 5.91 Å². The molecule has 0 N–H and O–H groups in total. The van der Waals surface area contributed by atoms with Gasteiger partial charge in [0, 0.05) is 16.6 Å². The Morgan fingerprint density at radius 3 is 2.29 bits per heavy atom. The number of nitrogens with zero attached hydrogens (tertiary/aromatic N) is 1. The number of ether oxygens (including phenoxy) is 1. The number of halogens is 2. The van der Waals surface area contributed by atoms with Crippen molar-refractivity contribution in [1.29, 1.82) is 0 Å². The van der Waals surface area contributed by atoms with E-state index in [1.807, 2.05) is 0 Å². The fraction of sp³-hybridized carbons (Fsp3) is 0.471. The molecular formula is C17H19Cl2NO4. The number of likely N-dealkylation sites (tertiary alicyclic amines) is 1. The molecule has 1 amide bonds. The maximum absolute atomic E-state index is 12.5. The summed E-state index contributed by atoms with van der Waals surface area (Å²) < 4.78 is 4.97. The second-order valence-corrected chi connectivity index (χ2v) is 7.36. The van der Waals surface area contributed by atoms with Crippen LogP contribution in [0.2, 0.25) is 10.0 Å². The molecule has 2 rings (SSSR count). The zero-order valence-corrected chi connectivity index (χ0v) is 15.5. The molecule has 1 aliphatic rings. The Kier molecular flexibility index (Phi) is 4.98. The molecule has 1 fully saturated rings. The van der Waals surface area contributed by atoms with E-state index in [0.717, 1.165) is 0 Å². The van der Waals surface area contributed by atoms with Crippen molar-refractivity contribution in [2.75, 3.05) is 13.2 Å². The predicted octanol–water partition coefficient (Wildman–Crippen LogP) is 3.21. The summed E-state index contributed by atoms with van der Waals surface area (Å²) in [6.07, 6.45) is 0. The highest BCUT2D eigenvalue weighted by molar-refractivity contribution is 6.44. The molecule has 1 aromatic rings. The molecule has 0 radical (unpaired) electrons. The molecule has 1 unspecified atom stereocenters. The second kappa shape index (κ2) is 6.37. The first-order valence-corrected chi connectivity index (χ1v) is 8.30. The van der Waals surface area contributed by atoms with E-state index < -0.39 is 28.6 Å². The summed E-state index contributed by atoms with van der Waals surface area (Å²) in [6, 6.07) is 4.96. The molecule has 1 saturated heterocycles. The van der Waals surface area contributed by atoms with E-state index in [1.54, 1.807) is 39.0 Å². The standard InChI is InChI=1S/C17H19Cl2NO4/c1-5-24-15(23)17(4)9-20(14(22)13(17)21)16(2,3)10-6-11(18)8-12(19)7-10/h6-8H,5,9H2,1-4H3. The van der Waals surface area contributed by atoms with E-state index in [1.165, 1.54) is 11.8 Å². The maximum atomic E-state index is 12.5. The summed E-state index contributed by atoms with van der Waals surface area (Å²) in [4.78, 5) is 38.5. The Balaban J connectivity index is 2.43. The van der Waals surface area contributed by atoms with Crippen LogP contribution in [-0.4, -0.2) is 35.7 Å². The lowest BCUT2D eigenvalue weighted by molar-refractivity contribution is -0.158. The van der Waals surface area contributed by atoms with Gasteiger partial charge in [-0.1, -0.05) is 23.2 Å². The number of benzene rings is 1. The molecule has 130 valence electrons. The Labute approximate surface area is 150 Å². The van der Waals surface area contributed by atoms with Crippen molar-refractivity contribution in [2.24, 2.45) is 5.41 Å². The topological polar surface area (TPSA) is 63.7 Å². The van der Waals surface area contributed by atoms with Gasteiger partial charge in [0.15, 0.2) is 5.41 Å². The monoisotopic (exact) mass is 371 g/mol. The SMILES string of the molecule is CCOC(=O)C1(C)CN(C(C)(C)c2cc(Cl)cc(Cl)c2)C(=O)C1=O. The minimum atomic E-state index is -1.51. The lowest BCUT2D eigenvalue weighted by atomic mass is 9.88. The largest absolute Gasteiger partial charge is 0.465 e. The molecule has 1 atom stereocenters. The number of carbonyl (C=O) groups excluding carboxylic acids is 3. The highest BCUT2D eigenvalue weighted by Crippen LogP contribution is 2.39. The third-order valence-corrected chi connectivity index (χ3v) is 4.82. The van der Waals surface area contributed by atoms with Crippen LogP contribution in [0.1, 0.15) is 33.3 Å². The fourth-order valence-electron chi connectivity index (χ4n) is 2.78. The predicted molar refractivity (Wildman–Crippen MR) is 90.9 cm³/mol. The van der Waals surface area contributed by atoms with E-state index in [-0.39, 0.29) is 13.2 Å². The highest BCUT2D eigenvalue weighted by atomic mass is 35.5. The summed E-state index contributed by atoms with van der Waals surface area (Å²) >= 11 is 12.1. The molecule has 0 saturated carbocycles. The Morgan fingerprint density at radius 1 is 1.25 bits per heavy atom. The maximum Gasteiger partial charge on any atom is 0.321 e. The van der Waals surface area contributed by atoms with E-state index in [4.69, 9.17) is 27.9 Å². The van der Waals surface area contributed by atoms with Gasteiger partial charge >= 0.3 is 5.97 Å². The van der Waals surface area contributed by atoms with Crippen LogP contribution in [0.25, 0.3) is 0 Å². The van der Waals surface area contributed by atoms with E-state index in [0.29, 0.717) is 15.6 Å².